The highest BCUT2D eigenvalue weighted by Gasteiger charge is 2.48. The molecule has 2 amide bonds. The van der Waals surface area contributed by atoms with Crippen molar-refractivity contribution < 1.29 is 9.59 Å². The van der Waals surface area contributed by atoms with Crippen molar-refractivity contribution in [3.63, 3.8) is 0 Å². The number of piperidine rings is 1. The van der Waals surface area contributed by atoms with Crippen molar-refractivity contribution in [1.82, 2.24) is 9.80 Å². The zero-order chi connectivity index (χ0) is 21.5. The van der Waals surface area contributed by atoms with E-state index >= 15 is 0 Å². The average Bonchev–Trinajstić information content (AvgIpc) is 2.97. The summed E-state index contributed by atoms with van der Waals surface area (Å²) < 4.78 is 0. The number of nitrogens with two attached hydrogens (primary N) is 1. The zero-order valence-corrected chi connectivity index (χ0v) is 17.9. The SMILES string of the molecule is CC(=O)N1CCCC(N2C(=O)C(C)(c3cccc(-c4cccc(Cl)c4)c3)N=C2N)C1. The highest BCUT2D eigenvalue weighted by atomic mass is 35.5. The molecule has 2 atom stereocenters. The fourth-order valence-electron chi connectivity index (χ4n) is 4.33. The molecule has 0 spiro atoms. The van der Waals surface area contributed by atoms with Crippen LogP contribution in [0, 0.1) is 0 Å². The molecule has 2 N–H and O–H groups in total. The van der Waals surface area contributed by atoms with Crippen LogP contribution in [0.1, 0.15) is 32.3 Å². The minimum atomic E-state index is -1.10. The Morgan fingerprint density at radius 3 is 2.60 bits per heavy atom. The van der Waals surface area contributed by atoms with Gasteiger partial charge in [-0.15, -0.1) is 0 Å². The summed E-state index contributed by atoms with van der Waals surface area (Å²) in [6.45, 7) is 4.54. The molecule has 7 heteroatoms. The summed E-state index contributed by atoms with van der Waals surface area (Å²) in [5, 5.41) is 0.654. The molecule has 30 heavy (non-hydrogen) atoms. The van der Waals surface area contributed by atoms with E-state index in [0.717, 1.165) is 29.5 Å². The van der Waals surface area contributed by atoms with Crippen LogP contribution in [-0.4, -0.2) is 46.7 Å². The highest BCUT2D eigenvalue weighted by molar-refractivity contribution is 6.30. The van der Waals surface area contributed by atoms with Crippen LogP contribution in [0.4, 0.5) is 0 Å². The number of hydrogen-bond acceptors (Lipinski definition) is 4. The number of carbonyl (C=O) groups is 2. The van der Waals surface area contributed by atoms with Crippen LogP contribution in [-0.2, 0) is 15.1 Å². The summed E-state index contributed by atoms with van der Waals surface area (Å²) in [5.41, 5.74) is 7.84. The molecular weight excluding hydrogens is 400 g/mol. The predicted molar refractivity (Wildman–Crippen MR) is 118 cm³/mol. The number of nitrogens with zero attached hydrogens (tertiary/aromatic N) is 3. The minimum absolute atomic E-state index is 0.0128. The topological polar surface area (TPSA) is 79.0 Å². The lowest BCUT2D eigenvalue weighted by Gasteiger charge is -2.37. The van der Waals surface area contributed by atoms with Gasteiger partial charge in [-0.3, -0.25) is 14.5 Å². The third kappa shape index (κ3) is 3.56. The summed E-state index contributed by atoms with van der Waals surface area (Å²) >= 11 is 6.14. The third-order valence-electron chi connectivity index (χ3n) is 6.01. The van der Waals surface area contributed by atoms with E-state index in [1.54, 1.807) is 23.6 Å². The van der Waals surface area contributed by atoms with Crippen LogP contribution in [0.5, 0.6) is 0 Å². The smallest absolute Gasteiger partial charge is 0.261 e. The van der Waals surface area contributed by atoms with Gasteiger partial charge in [-0.25, -0.2) is 4.99 Å². The molecule has 0 aliphatic carbocycles. The standard InChI is InChI=1S/C23H25ClN4O2/c1-15(29)27-11-5-10-20(14-27)28-21(30)23(2,26-22(28)25)18-8-3-6-16(12-18)17-7-4-9-19(24)13-17/h3-4,6-9,12-13,20H,5,10-11,14H2,1-2H3,(H2,25,26). The van der Waals surface area contributed by atoms with E-state index in [1.165, 1.54) is 0 Å². The van der Waals surface area contributed by atoms with Gasteiger partial charge in [-0.1, -0.05) is 41.9 Å². The third-order valence-corrected chi connectivity index (χ3v) is 6.24. The number of carbonyl (C=O) groups excluding carboxylic acids is 2. The van der Waals surface area contributed by atoms with Crippen molar-refractivity contribution in [2.24, 2.45) is 10.7 Å². The van der Waals surface area contributed by atoms with Crippen molar-refractivity contribution in [2.45, 2.75) is 38.3 Å². The van der Waals surface area contributed by atoms with Gasteiger partial charge in [0.15, 0.2) is 11.5 Å². The highest BCUT2D eigenvalue weighted by Crippen LogP contribution is 2.36. The molecule has 2 aliphatic rings. The molecule has 0 saturated carbocycles. The first-order chi connectivity index (χ1) is 14.3. The van der Waals surface area contributed by atoms with Crippen molar-refractivity contribution in [3.05, 3.63) is 59.1 Å². The quantitative estimate of drug-likeness (QED) is 0.820. The molecule has 0 bridgehead atoms. The van der Waals surface area contributed by atoms with Gasteiger partial charge >= 0.3 is 0 Å². The number of benzene rings is 2. The molecule has 2 aliphatic heterocycles. The van der Waals surface area contributed by atoms with Crippen molar-refractivity contribution in [1.29, 1.82) is 0 Å². The molecule has 2 aromatic rings. The summed E-state index contributed by atoms with van der Waals surface area (Å²) in [6, 6.07) is 15.2. The lowest BCUT2D eigenvalue weighted by Crippen LogP contribution is -2.55. The van der Waals surface area contributed by atoms with E-state index in [4.69, 9.17) is 17.3 Å². The molecule has 2 heterocycles. The maximum atomic E-state index is 13.5. The van der Waals surface area contributed by atoms with E-state index in [0.29, 0.717) is 18.1 Å². The van der Waals surface area contributed by atoms with Crippen LogP contribution in [0.3, 0.4) is 0 Å². The van der Waals surface area contributed by atoms with E-state index in [2.05, 4.69) is 4.99 Å². The molecule has 2 aromatic carbocycles. The number of amides is 2. The molecule has 1 saturated heterocycles. The first-order valence-corrected chi connectivity index (χ1v) is 10.5. The van der Waals surface area contributed by atoms with Crippen LogP contribution in [0.2, 0.25) is 5.02 Å². The van der Waals surface area contributed by atoms with Crippen molar-refractivity contribution in [2.75, 3.05) is 13.1 Å². The van der Waals surface area contributed by atoms with Crippen LogP contribution in [0.15, 0.2) is 53.5 Å². The first kappa shape index (κ1) is 20.4. The monoisotopic (exact) mass is 424 g/mol. The number of guanidine groups is 1. The van der Waals surface area contributed by atoms with E-state index in [9.17, 15) is 9.59 Å². The second-order valence-corrected chi connectivity index (χ2v) is 8.51. The zero-order valence-electron chi connectivity index (χ0n) is 17.1. The van der Waals surface area contributed by atoms with Crippen molar-refractivity contribution in [3.8, 4) is 11.1 Å². The maximum Gasteiger partial charge on any atom is 0.261 e. The average molecular weight is 425 g/mol. The number of likely N-dealkylation sites (tertiary alicyclic amines) is 1. The molecule has 2 unspecified atom stereocenters. The second kappa shape index (κ2) is 7.76. The predicted octanol–water partition coefficient (Wildman–Crippen LogP) is 3.39. The summed E-state index contributed by atoms with van der Waals surface area (Å²) in [5.74, 6) is 0.0727. The van der Waals surface area contributed by atoms with E-state index < -0.39 is 5.54 Å². The van der Waals surface area contributed by atoms with Gasteiger partial charge < -0.3 is 10.6 Å². The van der Waals surface area contributed by atoms with Gasteiger partial charge in [-0.2, -0.15) is 0 Å². The van der Waals surface area contributed by atoms with Crippen molar-refractivity contribution >= 4 is 29.4 Å². The first-order valence-electron chi connectivity index (χ1n) is 10.1. The van der Waals surface area contributed by atoms with Crippen LogP contribution in [0.25, 0.3) is 11.1 Å². The Morgan fingerprint density at radius 1 is 1.20 bits per heavy atom. The number of halogens is 1. The fraction of sp³-hybridized carbons (Fsp3) is 0.348. The van der Waals surface area contributed by atoms with E-state index in [1.807, 2.05) is 48.5 Å². The number of aliphatic imine (C=N–C) groups is 1. The lowest BCUT2D eigenvalue weighted by molar-refractivity contribution is -0.137. The number of hydrogen-bond donors (Lipinski definition) is 1. The summed E-state index contributed by atoms with van der Waals surface area (Å²) in [7, 11) is 0. The molecule has 4 rings (SSSR count). The van der Waals surface area contributed by atoms with Gasteiger partial charge in [-0.05, 0) is 54.7 Å². The van der Waals surface area contributed by atoms with Gasteiger partial charge in [0, 0.05) is 25.0 Å². The molecule has 1 fully saturated rings. The Balaban J connectivity index is 1.65. The molecule has 156 valence electrons. The Hall–Kier alpha value is -2.86. The second-order valence-electron chi connectivity index (χ2n) is 8.07. The Labute approximate surface area is 181 Å². The molecule has 6 nitrogen and oxygen atoms in total. The van der Waals surface area contributed by atoms with Crippen LogP contribution < -0.4 is 5.73 Å². The van der Waals surface area contributed by atoms with Gasteiger partial charge in [0.05, 0.1) is 6.04 Å². The summed E-state index contributed by atoms with van der Waals surface area (Å²) in [4.78, 5) is 33.3. The Kier molecular flexibility index (Phi) is 5.28. The largest absolute Gasteiger partial charge is 0.369 e. The van der Waals surface area contributed by atoms with Gasteiger partial charge in [0.25, 0.3) is 5.91 Å². The minimum Gasteiger partial charge on any atom is -0.369 e. The number of rotatable bonds is 3. The maximum absolute atomic E-state index is 13.5. The molecular formula is C23H25ClN4O2. The van der Waals surface area contributed by atoms with Gasteiger partial charge in [0.2, 0.25) is 5.91 Å². The van der Waals surface area contributed by atoms with E-state index in [-0.39, 0.29) is 23.8 Å². The summed E-state index contributed by atoms with van der Waals surface area (Å²) in [6.07, 6.45) is 1.63. The molecule has 0 radical (unpaired) electrons. The normalized spacial score (nSPS) is 24.2. The Bertz CT molecular complexity index is 1040. The van der Waals surface area contributed by atoms with Gasteiger partial charge in [0.1, 0.15) is 0 Å². The molecule has 0 aromatic heterocycles. The fourth-order valence-corrected chi connectivity index (χ4v) is 4.52. The van der Waals surface area contributed by atoms with Crippen LogP contribution >= 0.6 is 11.6 Å². The lowest BCUT2D eigenvalue weighted by atomic mass is 9.89. The Morgan fingerprint density at radius 2 is 1.90 bits per heavy atom.